The summed E-state index contributed by atoms with van der Waals surface area (Å²) in [6.07, 6.45) is 1.68. The molecule has 1 N–H and O–H groups in total. The van der Waals surface area contributed by atoms with Crippen LogP contribution >= 0.6 is 38.5 Å². The zero-order valence-electron chi connectivity index (χ0n) is 10.8. The predicted molar refractivity (Wildman–Crippen MR) is 87.2 cm³/mol. The first kappa shape index (κ1) is 14.6. The molecule has 2 rings (SSSR count). The van der Waals surface area contributed by atoms with Crippen molar-refractivity contribution in [3.8, 4) is 11.5 Å². The van der Waals surface area contributed by atoms with Crippen molar-refractivity contribution in [3.05, 3.63) is 42.4 Å². The van der Waals surface area contributed by atoms with Crippen LogP contribution in [0.4, 0.5) is 0 Å². The second-order valence-electron chi connectivity index (χ2n) is 5.19. The molecule has 0 amide bonds. The van der Waals surface area contributed by atoms with Gasteiger partial charge < -0.3 is 4.98 Å². The van der Waals surface area contributed by atoms with Gasteiger partial charge in [-0.1, -0.05) is 20.8 Å². The summed E-state index contributed by atoms with van der Waals surface area (Å²) in [4.78, 5) is 23.6. The fourth-order valence-corrected chi connectivity index (χ4v) is 2.89. The molecule has 2 heterocycles. The Hall–Kier alpha value is -0.760. The third-order valence-corrected chi connectivity index (χ3v) is 4.01. The number of nitrogens with zero attached hydrogens (tertiary/aromatic N) is 2. The average molecular weight is 434 g/mol. The third-order valence-electron chi connectivity index (χ3n) is 2.54. The van der Waals surface area contributed by atoms with Crippen LogP contribution in [-0.4, -0.2) is 15.0 Å². The summed E-state index contributed by atoms with van der Waals surface area (Å²) in [5.41, 5.74) is 1.13. The zero-order chi connectivity index (χ0) is 14.2. The summed E-state index contributed by atoms with van der Waals surface area (Å²) in [5, 5.41) is 0. The van der Waals surface area contributed by atoms with E-state index in [2.05, 4.69) is 30.9 Å². The molecule has 19 heavy (non-hydrogen) atoms. The molecular weight excluding hydrogens is 421 g/mol. The lowest BCUT2D eigenvalue weighted by atomic mass is 9.92. The second kappa shape index (κ2) is 5.32. The molecule has 2 aromatic heterocycles. The van der Waals surface area contributed by atoms with E-state index in [1.165, 1.54) is 0 Å². The van der Waals surface area contributed by atoms with Crippen molar-refractivity contribution >= 4 is 38.5 Å². The zero-order valence-corrected chi connectivity index (χ0v) is 14.5. The predicted octanol–water partition coefficient (Wildman–Crippen LogP) is 3.50. The van der Waals surface area contributed by atoms with Crippen molar-refractivity contribution in [2.24, 2.45) is 0 Å². The van der Waals surface area contributed by atoms with Crippen LogP contribution < -0.4 is 5.56 Å². The Bertz CT molecular complexity index is 659. The van der Waals surface area contributed by atoms with Crippen LogP contribution in [-0.2, 0) is 5.41 Å². The summed E-state index contributed by atoms with van der Waals surface area (Å²) >= 11 is 5.37. The number of H-pyrrole nitrogens is 1. The maximum atomic E-state index is 12.0. The minimum atomic E-state index is -0.186. The molecule has 0 saturated carbocycles. The molecule has 2 aromatic rings. The van der Waals surface area contributed by atoms with Gasteiger partial charge in [0, 0.05) is 16.1 Å². The minimum Gasteiger partial charge on any atom is -0.304 e. The summed E-state index contributed by atoms with van der Waals surface area (Å²) in [5.74, 6) is 0.503. The van der Waals surface area contributed by atoms with Crippen molar-refractivity contribution in [2.45, 2.75) is 26.2 Å². The average Bonchev–Trinajstić information content (AvgIpc) is 2.32. The van der Waals surface area contributed by atoms with Gasteiger partial charge in [-0.3, -0.25) is 9.78 Å². The standard InChI is InChI=1S/C13H13BrIN3O/c1-13(2,3)10-9(15)12(19)18-11(17-10)8-5-4-7(14)6-16-8/h4-6H,1-3H3,(H,17,18,19). The van der Waals surface area contributed by atoms with E-state index in [1.54, 1.807) is 6.20 Å². The smallest absolute Gasteiger partial charge is 0.264 e. The van der Waals surface area contributed by atoms with Gasteiger partial charge in [0.15, 0.2) is 5.82 Å². The normalized spacial score (nSPS) is 11.6. The number of pyridine rings is 1. The van der Waals surface area contributed by atoms with Crippen LogP contribution in [0.2, 0.25) is 0 Å². The fourth-order valence-electron chi connectivity index (χ4n) is 1.59. The molecule has 0 aliphatic carbocycles. The van der Waals surface area contributed by atoms with Gasteiger partial charge in [0.2, 0.25) is 0 Å². The number of nitrogens with one attached hydrogen (secondary N) is 1. The highest BCUT2D eigenvalue weighted by Crippen LogP contribution is 2.25. The Balaban J connectivity index is 2.63. The van der Waals surface area contributed by atoms with Crippen molar-refractivity contribution in [3.63, 3.8) is 0 Å². The summed E-state index contributed by atoms with van der Waals surface area (Å²) in [6.45, 7) is 6.11. The molecule has 0 bridgehead atoms. The van der Waals surface area contributed by atoms with Gasteiger partial charge in [-0.2, -0.15) is 0 Å². The van der Waals surface area contributed by atoms with E-state index < -0.39 is 0 Å². The van der Waals surface area contributed by atoms with E-state index in [0.29, 0.717) is 15.1 Å². The van der Waals surface area contributed by atoms with Gasteiger partial charge >= 0.3 is 0 Å². The molecule has 0 unspecified atom stereocenters. The molecule has 0 aromatic carbocycles. The quantitative estimate of drug-likeness (QED) is 0.700. The highest BCUT2D eigenvalue weighted by atomic mass is 127. The van der Waals surface area contributed by atoms with E-state index in [1.807, 2.05) is 55.5 Å². The van der Waals surface area contributed by atoms with E-state index in [4.69, 9.17) is 0 Å². The van der Waals surface area contributed by atoms with Crippen LogP contribution in [0.1, 0.15) is 26.5 Å². The fraction of sp³-hybridized carbons (Fsp3) is 0.308. The molecule has 6 heteroatoms. The van der Waals surface area contributed by atoms with E-state index in [-0.39, 0.29) is 11.0 Å². The number of rotatable bonds is 1. The van der Waals surface area contributed by atoms with Gasteiger partial charge in [0.05, 0.1) is 5.69 Å². The highest BCUT2D eigenvalue weighted by Gasteiger charge is 2.22. The Kier molecular flexibility index (Phi) is 4.10. The first-order valence-corrected chi connectivity index (χ1v) is 7.58. The van der Waals surface area contributed by atoms with Crippen LogP contribution in [0, 0.1) is 3.57 Å². The number of aromatic amines is 1. The second-order valence-corrected chi connectivity index (χ2v) is 7.18. The lowest BCUT2D eigenvalue weighted by molar-refractivity contribution is 0.562. The number of hydrogen-bond donors (Lipinski definition) is 1. The van der Waals surface area contributed by atoms with Crippen LogP contribution in [0.15, 0.2) is 27.6 Å². The molecule has 4 nitrogen and oxygen atoms in total. The molecule has 0 fully saturated rings. The number of aromatic nitrogens is 3. The molecule has 0 aliphatic rings. The third kappa shape index (κ3) is 3.22. The Morgan fingerprint density at radius 3 is 2.53 bits per heavy atom. The molecule has 0 aliphatic heterocycles. The van der Waals surface area contributed by atoms with E-state index in [0.717, 1.165) is 10.2 Å². The van der Waals surface area contributed by atoms with Gasteiger partial charge in [-0.05, 0) is 50.7 Å². The van der Waals surface area contributed by atoms with E-state index in [9.17, 15) is 4.79 Å². The monoisotopic (exact) mass is 433 g/mol. The summed E-state index contributed by atoms with van der Waals surface area (Å²) < 4.78 is 1.52. The van der Waals surface area contributed by atoms with Crippen molar-refractivity contribution in [1.82, 2.24) is 15.0 Å². The Morgan fingerprint density at radius 1 is 1.32 bits per heavy atom. The molecular formula is C13H13BrIN3O. The molecule has 100 valence electrons. The Labute approximate surface area is 133 Å². The van der Waals surface area contributed by atoms with Crippen molar-refractivity contribution < 1.29 is 0 Å². The largest absolute Gasteiger partial charge is 0.304 e. The van der Waals surface area contributed by atoms with Gasteiger partial charge in [0.1, 0.15) is 9.26 Å². The van der Waals surface area contributed by atoms with Crippen LogP contribution in [0.25, 0.3) is 11.5 Å². The van der Waals surface area contributed by atoms with Crippen molar-refractivity contribution in [1.29, 1.82) is 0 Å². The number of halogens is 2. The van der Waals surface area contributed by atoms with Crippen LogP contribution in [0.5, 0.6) is 0 Å². The summed E-state index contributed by atoms with van der Waals surface area (Å²) in [6, 6.07) is 3.69. The van der Waals surface area contributed by atoms with E-state index >= 15 is 0 Å². The van der Waals surface area contributed by atoms with Gasteiger partial charge in [0.25, 0.3) is 5.56 Å². The summed E-state index contributed by atoms with van der Waals surface area (Å²) in [7, 11) is 0. The maximum absolute atomic E-state index is 12.0. The number of hydrogen-bond acceptors (Lipinski definition) is 3. The maximum Gasteiger partial charge on any atom is 0.264 e. The lowest BCUT2D eigenvalue weighted by Crippen LogP contribution is -2.24. The van der Waals surface area contributed by atoms with Gasteiger partial charge in [-0.15, -0.1) is 0 Å². The molecule has 0 radical (unpaired) electrons. The molecule has 0 atom stereocenters. The SMILES string of the molecule is CC(C)(C)c1nc(-c2ccc(Br)cn2)[nH]c(=O)c1I. The minimum absolute atomic E-state index is 0.125. The van der Waals surface area contributed by atoms with Crippen molar-refractivity contribution in [2.75, 3.05) is 0 Å². The lowest BCUT2D eigenvalue weighted by Gasteiger charge is -2.19. The topological polar surface area (TPSA) is 58.6 Å². The Morgan fingerprint density at radius 2 is 2.00 bits per heavy atom. The molecule has 0 saturated heterocycles. The first-order chi connectivity index (χ1) is 8.79. The van der Waals surface area contributed by atoms with Gasteiger partial charge in [-0.25, -0.2) is 4.98 Å². The highest BCUT2D eigenvalue weighted by molar-refractivity contribution is 14.1. The molecule has 0 spiro atoms. The van der Waals surface area contributed by atoms with Crippen LogP contribution in [0.3, 0.4) is 0 Å². The first-order valence-electron chi connectivity index (χ1n) is 5.71.